The van der Waals surface area contributed by atoms with Crippen molar-refractivity contribution < 1.29 is 5.11 Å². The molecular weight excluding hydrogens is 266 g/mol. The first-order chi connectivity index (χ1) is 10.1. The number of hydrogen-bond acceptors (Lipinski definition) is 6. The second-order valence-electron chi connectivity index (χ2n) is 5.62. The summed E-state index contributed by atoms with van der Waals surface area (Å²) >= 11 is 0. The molecule has 6 nitrogen and oxygen atoms in total. The zero-order chi connectivity index (χ0) is 15.3. The van der Waals surface area contributed by atoms with Gasteiger partial charge in [0, 0.05) is 11.6 Å². The van der Waals surface area contributed by atoms with E-state index in [2.05, 4.69) is 27.2 Å². The average Bonchev–Trinajstić information content (AvgIpc) is 2.47. The Balaban J connectivity index is 2.28. The van der Waals surface area contributed by atoms with Crippen LogP contribution in [-0.2, 0) is 0 Å². The number of nitrogens with two attached hydrogens (primary N) is 1. The number of aliphatic hydroxyl groups is 1. The van der Waals surface area contributed by atoms with Crippen molar-refractivity contribution in [3.63, 3.8) is 0 Å². The number of nitrogen functional groups attached to an aromatic ring is 1. The SMILES string of the molecule is CCCCCC(C)(CO)Nc1nc(N)nc2cnccc12. The maximum atomic E-state index is 9.74. The molecule has 1 unspecified atom stereocenters. The van der Waals surface area contributed by atoms with E-state index in [-0.39, 0.29) is 12.6 Å². The lowest BCUT2D eigenvalue weighted by atomic mass is 9.95. The van der Waals surface area contributed by atoms with Crippen LogP contribution < -0.4 is 11.1 Å². The van der Waals surface area contributed by atoms with Gasteiger partial charge in [-0.1, -0.05) is 26.2 Å². The zero-order valence-corrected chi connectivity index (χ0v) is 12.6. The molecule has 0 aliphatic carbocycles. The highest BCUT2D eigenvalue weighted by Crippen LogP contribution is 2.25. The maximum Gasteiger partial charge on any atom is 0.222 e. The van der Waals surface area contributed by atoms with Crippen molar-refractivity contribution in [1.29, 1.82) is 0 Å². The molecule has 2 heterocycles. The number of aromatic nitrogens is 3. The first kappa shape index (κ1) is 15.4. The minimum atomic E-state index is -0.424. The van der Waals surface area contributed by atoms with Gasteiger partial charge in [-0.2, -0.15) is 4.98 Å². The van der Waals surface area contributed by atoms with Crippen molar-refractivity contribution in [1.82, 2.24) is 15.0 Å². The summed E-state index contributed by atoms with van der Waals surface area (Å²) in [7, 11) is 0. The second kappa shape index (κ2) is 6.67. The lowest BCUT2D eigenvalue weighted by molar-refractivity contribution is 0.211. The van der Waals surface area contributed by atoms with Gasteiger partial charge in [-0.05, 0) is 19.4 Å². The average molecular weight is 289 g/mol. The van der Waals surface area contributed by atoms with Crippen molar-refractivity contribution in [3.05, 3.63) is 18.5 Å². The van der Waals surface area contributed by atoms with Crippen LogP contribution in [0.4, 0.5) is 11.8 Å². The number of hydrogen-bond donors (Lipinski definition) is 3. The summed E-state index contributed by atoms with van der Waals surface area (Å²) in [5.74, 6) is 0.847. The number of anilines is 2. The Kier molecular flexibility index (Phi) is 4.90. The van der Waals surface area contributed by atoms with Gasteiger partial charge in [0.15, 0.2) is 0 Å². The predicted molar refractivity (Wildman–Crippen MR) is 85.0 cm³/mol. The molecule has 0 aliphatic rings. The number of nitrogens with zero attached hydrogens (tertiary/aromatic N) is 3. The van der Waals surface area contributed by atoms with Gasteiger partial charge in [-0.3, -0.25) is 4.98 Å². The summed E-state index contributed by atoms with van der Waals surface area (Å²) in [6.07, 6.45) is 7.57. The van der Waals surface area contributed by atoms with Crippen LogP contribution in [0.3, 0.4) is 0 Å². The summed E-state index contributed by atoms with van der Waals surface area (Å²) in [6.45, 7) is 4.19. The number of rotatable bonds is 7. The lowest BCUT2D eigenvalue weighted by Gasteiger charge is -2.30. The molecule has 2 rings (SSSR count). The topological polar surface area (TPSA) is 97.0 Å². The predicted octanol–water partition coefficient (Wildman–Crippen LogP) is 2.35. The molecule has 21 heavy (non-hydrogen) atoms. The van der Waals surface area contributed by atoms with E-state index < -0.39 is 5.54 Å². The largest absolute Gasteiger partial charge is 0.394 e. The Morgan fingerprint density at radius 3 is 2.86 bits per heavy atom. The standard InChI is InChI=1S/C15H23N5O/c1-3-4-5-7-15(2,10-21)20-13-11-6-8-17-9-12(11)18-14(16)19-13/h6,8-9,21H,3-5,7,10H2,1-2H3,(H3,16,18,19,20). The fourth-order valence-electron chi connectivity index (χ4n) is 2.33. The highest BCUT2D eigenvalue weighted by atomic mass is 16.3. The summed E-state index contributed by atoms with van der Waals surface area (Å²) in [6, 6.07) is 1.85. The number of fused-ring (bicyclic) bond motifs is 1. The van der Waals surface area contributed by atoms with Gasteiger partial charge in [-0.25, -0.2) is 4.98 Å². The van der Waals surface area contributed by atoms with E-state index in [4.69, 9.17) is 5.73 Å². The van der Waals surface area contributed by atoms with E-state index in [0.717, 1.165) is 31.1 Å². The fraction of sp³-hybridized carbons (Fsp3) is 0.533. The third-order valence-corrected chi connectivity index (χ3v) is 3.62. The molecule has 0 saturated heterocycles. The number of nitrogens with one attached hydrogen (secondary N) is 1. The van der Waals surface area contributed by atoms with Gasteiger partial charge in [0.05, 0.1) is 23.9 Å². The fourth-order valence-corrected chi connectivity index (χ4v) is 2.33. The molecular formula is C15H23N5O. The quantitative estimate of drug-likeness (QED) is 0.677. The highest BCUT2D eigenvalue weighted by Gasteiger charge is 2.24. The van der Waals surface area contributed by atoms with Gasteiger partial charge in [0.2, 0.25) is 5.95 Å². The van der Waals surface area contributed by atoms with Crippen LogP contribution >= 0.6 is 0 Å². The van der Waals surface area contributed by atoms with E-state index in [1.54, 1.807) is 12.4 Å². The molecule has 0 fully saturated rings. The molecule has 0 aromatic carbocycles. The number of aliphatic hydroxyl groups excluding tert-OH is 1. The van der Waals surface area contributed by atoms with Crippen molar-refractivity contribution in [3.8, 4) is 0 Å². The molecule has 0 amide bonds. The monoisotopic (exact) mass is 289 g/mol. The molecule has 0 spiro atoms. The molecule has 0 saturated carbocycles. The molecule has 2 aromatic rings. The summed E-state index contributed by atoms with van der Waals surface area (Å²) in [5.41, 5.74) is 6.03. The molecule has 4 N–H and O–H groups in total. The Hall–Kier alpha value is -1.95. The highest BCUT2D eigenvalue weighted by molar-refractivity contribution is 5.89. The minimum absolute atomic E-state index is 0.0349. The van der Waals surface area contributed by atoms with E-state index in [9.17, 15) is 5.11 Å². The van der Waals surface area contributed by atoms with Crippen LogP contribution in [0.2, 0.25) is 0 Å². The Labute approximate surface area is 124 Å². The summed E-state index contributed by atoms with van der Waals surface area (Å²) in [5, 5.41) is 13.9. The molecule has 0 bridgehead atoms. The van der Waals surface area contributed by atoms with Gasteiger partial charge >= 0.3 is 0 Å². The third kappa shape index (κ3) is 3.78. The van der Waals surface area contributed by atoms with Crippen LogP contribution in [0.5, 0.6) is 0 Å². The van der Waals surface area contributed by atoms with Gasteiger partial charge in [-0.15, -0.1) is 0 Å². The zero-order valence-electron chi connectivity index (χ0n) is 12.6. The van der Waals surface area contributed by atoms with E-state index in [1.165, 1.54) is 0 Å². The van der Waals surface area contributed by atoms with Gasteiger partial charge < -0.3 is 16.2 Å². The molecule has 114 valence electrons. The van der Waals surface area contributed by atoms with E-state index >= 15 is 0 Å². The molecule has 0 radical (unpaired) electrons. The van der Waals surface area contributed by atoms with Crippen molar-refractivity contribution >= 4 is 22.7 Å². The Morgan fingerprint density at radius 1 is 1.33 bits per heavy atom. The smallest absolute Gasteiger partial charge is 0.222 e. The van der Waals surface area contributed by atoms with Crippen LogP contribution in [0, 0.1) is 0 Å². The van der Waals surface area contributed by atoms with Crippen LogP contribution in [0.1, 0.15) is 39.5 Å². The third-order valence-electron chi connectivity index (χ3n) is 3.62. The molecule has 0 aliphatic heterocycles. The number of unbranched alkanes of at least 4 members (excludes halogenated alkanes) is 2. The number of pyridine rings is 1. The normalized spacial score (nSPS) is 14.0. The Bertz CT molecular complexity index is 604. The van der Waals surface area contributed by atoms with Crippen LogP contribution in [0.25, 0.3) is 10.9 Å². The first-order valence-electron chi connectivity index (χ1n) is 7.34. The molecule has 2 aromatic heterocycles. The molecule has 1 atom stereocenters. The van der Waals surface area contributed by atoms with Gasteiger partial charge in [0.1, 0.15) is 5.82 Å². The minimum Gasteiger partial charge on any atom is -0.394 e. The second-order valence-corrected chi connectivity index (χ2v) is 5.62. The first-order valence-corrected chi connectivity index (χ1v) is 7.34. The lowest BCUT2D eigenvalue weighted by Crippen LogP contribution is -2.39. The van der Waals surface area contributed by atoms with Crippen LogP contribution in [-0.4, -0.2) is 32.2 Å². The maximum absolute atomic E-state index is 9.74. The van der Waals surface area contributed by atoms with Crippen LogP contribution in [0.15, 0.2) is 18.5 Å². The van der Waals surface area contributed by atoms with E-state index in [0.29, 0.717) is 11.3 Å². The summed E-state index contributed by atoms with van der Waals surface area (Å²) < 4.78 is 0. The Morgan fingerprint density at radius 2 is 2.14 bits per heavy atom. The van der Waals surface area contributed by atoms with Gasteiger partial charge in [0.25, 0.3) is 0 Å². The van der Waals surface area contributed by atoms with Crippen molar-refractivity contribution in [2.45, 2.75) is 45.1 Å². The van der Waals surface area contributed by atoms with Crippen molar-refractivity contribution in [2.75, 3.05) is 17.7 Å². The van der Waals surface area contributed by atoms with E-state index in [1.807, 2.05) is 13.0 Å². The van der Waals surface area contributed by atoms with Crippen molar-refractivity contribution in [2.24, 2.45) is 0 Å². The molecule has 6 heteroatoms. The summed E-state index contributed by atoms with van der Waals surface area (Å²) in [4.78, 5) is 12.5.